The van der Waals surface area contributed by atoms with Crippen LogP contribution in [0.5, 0.6) is 0 Å². The number of aliphatic hydroxyl groups is 1. The minimum absolute atomic E-state index is 0.0678. The molecule has 0 atom stereocenters. The molecule has 0 saturated heterocycles. The van der Waals surface area contributed by atoms with Gasteiger partial charge in [0.15, 0.2) is 0 Å². The van der Waals surface area contributed by atoms with Crippen molar-refractivity contribution in [2.45, 2.75) is 6.92 Å². The third-order valence-electron chi connectivity index (χ3n) is 1.85. The summed E-state index contributed by atoms with van der Waals surface area (Å²) in [7, 11) is 0. The fourth-order valence-corrected chi connectivity index (χ4v) is 1.12. The van der Waals surface area contributed by atoms with Crippen molar-refractivity contribution >= 4 is 11.8 Å². The van der Waals surface area contributed by atoms with Gasteiger partial charge in [-0.3, -0.25) is 10.1 Å². The van der Waals surface area contributed by atoms with E-state index in [4.69, 9.17) is 5.11 Å². The van der Waals surface area contributed by atoms with E-state index in [1.54, 1.807) is 25.1 Å². The van der Waals surface area contributed by atoms with Gasteiger partial charge in [0.2, 0.25) is 0 Å². The highest BCUT2D eigenvalue weighted by Crippen LogP contribution is 2.19. The first-order chi connectivity index (χ1) is 6.65. The molecule has 0 bridgehead atoms. The summed E-state index contributed by atoms with van der Waals surface area (Å²) in [4.78, 5) is 10.2. The number of benzene rings is 1. The van der Waals surface area contributed by atoms with Crippen molar-refractivity contribution in [1.82, 2.24) is 0 Å². The normalized spacial score (nSPS) is 10.7. The van der Waals surface area contributed by atoms with Crippen LogP contribution in [-0.4, -0.2) is 16.6 Å². The zero-order valence-electron chi connectivity index (χ0n) is 7.80. The van der Waals surface area contributed by atoms with Crippen molar-refractivity contribution in [3.8, 4) is 0 Å². The van der Waals surface area contributed by atoms with E-state index in [-0.39, 0.29) is 12.3 Å². The predicted molar refractivity (Wildman–Crippen MR) is 54.0 cm³/mol. The van der Waals surface area contributed by atoms with Crippen molar-refractivity contribution < 1.29 is 10.0 Å². The van der Waals surface area contributed by atoms with Crippen LogP contribution in [0.25, 0.3) is 6.08 Å². The number of rotatable bonds is 3. The predicted octanol–water partition coefficient (Wildman–Crippen LogP) is 1.91. The lowest BCUT2D eigenvalue weighted by atomic mass is 10.1. The third kappa shape index (κ3) is 2.40. The Balaban J connectivity index is 3.06. The van der Waals surface area contributed by atoms with Crippen LogP contribution in [0.1, 0.15) is 11.1 Å². The van der Waals surface area contributed by atoms with Gasteiger partial charge in [0.25, 0.3) is 5.69 Å². The van der Waals surface area contributed by atoms with Crippen LogP contribution >= 0.6 is 0 Å². The molecule has 4 heteroatoms. The van der Waals surface area contributed by atoms with Gasteiger partial charge in [0.1, 0.15) is 0 Å². The molecule has 0 radical (unpaired) electrons. The fourth-order valence-electron chi connectivity index (χ4n) is 1.12. The summed E-state index contributed by atoms with van der Waals surface area (Å²) in [5.74, 6) is 0. The first kappa shape index (κ1) is 10.4. The van der Waals surface area contributed by atoms with E-state index in [2.05, 4.69) is 0 Å². The second kappa shape index (κ2) is 4.53. The molecule has 0 unspecified atom stereocenters. The van der Waals surface area contributed by atoms with Gasteiger partial charge in [-0.15, -0.1) is 0 Å². The number of aryl methyl sites for hydroxylation is 1. The number of hydrogen-bond donors (Lipinski definition) is 1. The molecule has 0 aromatic heterocycles. The smallest absolute Gasteiger partial charge is 0.272 e. The van der Waals surface area contributed by atoms with Crippen LogP contribution in [-0.2, 0) is 0 Å². The molecule has 1 aromatic carbocycles. The van der Waals surface area contributed by atoms with E-state index in [1.807, 2.05) is 0 Å². The Labute approximate surface area is 81.6 Å². The van der Waals surface area contributed by atoms with E-state index in [1.165, 1.54) is 12.1 Å². The van der Waals surface area contributed by atoms with Crippen LogP contribution < -0.4 is 0 Å². The van der Waals surface area contributed by atoms with Crippen molar-refractivity contribution in [1.29, 1.82) is 0 Å². The van der Waals surface area contributed by atoms with Gasteiger partial charge in [-0.05, 0) is 12.5 Å². The monoisotopic (exact) mass is 193 g/mol. The van der Waals surface area contributed by atoms with Gasteiger partial charge in [0, 0.05) is 11.6 Å². The molecule has 1 rings (SSSR count). The maximum Gasteiger partial charge on any atom is 0.272 e. The molecule has 0 heterocycles. The number of nitro groups is 1. The molecule has 1 N–H and O–H groups in total. The molecule has 0 amide bonds. The van der Waals surface area contributed by atoms with E-state index < -0.39 is 4.92 Å². The zero-order valence-corrected chi connectivity index (χ0v) is 7.80. The minimum Gasteiger partial charge on any atom is -0.392 e. The van der Waals surface area contributed by atoms with Gasteiger partial charge < -0.3 is 5.11 Å². The van der Waals surface area contributed by atoms with Crippen LogP contribution in [0.4, 0.5) is 5.69 Å². The molecule has 0 fully saturated rings. The molecule has 0 aliphatic rings. The summed E-state index contributed by atoms with van der Waals surface area (Å²) in [5, 5.41) is 19.1. The first-order valence-electron chi connectivity index (χ1n) is 4.17. The van der Waals surface area contributed by atoms with Crippen molar-refractivity contribution in [2.75, 3.05) is 6.61 Å². The van der Waals surface area contributed by atoms with E-state index >= 15 is 0 Å². The van der Waals surface area contributed by atoms with Gasteiger partial charge in [-0.25, -0.2) is 0 Å². The Hall–Kier alpha value is -1.68. The van der Waals surface area contributed by atoms with E-state index in [0.29, 0.717) is 5.56 Å². The van der Waals surface area contributed by atoms with Gasteiger partial charge in [0.05, 0.1) is 11.5 Å². The van der Waals surface area contributed by atoms with Gasteiger partial charge in [-0.2, -0.15) is 0 Å². The Morgan fingerprint density at radius 1 is 1.57 bits per heavy atom. The van der Waals surface area contributed by atoms with Crippen LogP contribution in [0.3, 0.4) is 0 Å². The van der Waals surface area contributed by atoms with Crippen molar-refractivity contribution in [2.24, 2.45) is 0 Å². The highest BCUT2D eigenvalue weighted by molar-refractivity contribution is 5.55. The third-order valence-corrected chi connectivity index (χ3v) is 1.85. The minimum atomic E-state index is -0.411. The number of nitrogens with zero attached hydrogens (tertiary/aromatic N) is 1. The second-order valence-electron chi connectivity index (χ2n) is 2.89. The molecule has 14 heavy (non-hydrogen) atoms. The molecule has 0 aliphatic heterocycles. The molecule has 1 aromatic rings. The van der Waals surface area contributed by atoms with Crippen LogP contribution in [0.15, 0.2) is 24.3 Å². The molecule has 74 valence electrons. The molecular weight excluding hydrogens is 182 g/mol. The number of nitro benzene ring substituents is 1. The molecular formula is C10H11NO3. The summed E-state index contributed by atoms with van der Waals surface area (Å²) in [5.41, 5.74) is 1.46. The number of hydrogen-bond acceptors (Lipinski definition) is 3. The van der Waals surface area contributed by atoms with Crippen molar-refractivity contribution in [3.05, 3.63) is 45.5 Å². The Bertz CT molecular complexity index is 372. The summed E-state index contributed by atoms with van der Waals surface area (Å²) < 4.78 is 0. The van der Waals surface area contributed by atoms with Gasteiger partial charge in [-0.1, -0.05) is 24.3 Å². The lowest BCUT2D eigenvalue weighted by Gasteiger charge is -1.98. The van der Waals surface area contributed by atoms with E-state index in [0.717, 1.165) is 5.56 Å². The summed E-state index contributed by atoms with van der Waals surface area (Å²) >= 11 is 0. The topological polar surface area (TPSA) is 63.4 Å². The summed E-state index contributed by atoms with van der Waals surface area (Å²) in [6.07, 6.45) is 3.18. The quantitative estimate of drug-likeness (QED) is 0.589. The highest BCUT2D eigenvalue weighted by Gasteiger charge is 2.09. The standard InChI is InChI=1S/C10H11NO3/c1-8-4-5-9(3-2-6-12)7-10(8)11(13)14/h2-5,7,12H,6H2,1H3. The van der Waals surface area contributed by atoms with Gasteiger partial charge >= 0.3 is 0 Å². The number of aliphatic hydroxyl groups excluding tert-OH is 1. The second-order valence-corrected chi connectivity index (χ2v) is 2.89. The van der Waals surface area contributed by atoms with Crippen LogP contribution in [0, 0.1) is 17.0 Å². The molecule has 0 spiro atoms. The van der Waals surface area contributed by atoms with Crippen molar-refractivity contribution in [3.63, 3.8) is 0 Å². The maximum absolute atomic E-state index is 10.6. The molecule has 4 nitrogen and oxygen atoms in total. The largest absolute Gasteiger partial charge is 0.392 e. The van der Waals surface area contributed by atoms with E-state index in [9.17, 15) is 10.1 Å². The summed E-state index contributed by atoms with van der Waals surface area (Å²) in [6, 6.07) is 4.95. The highest BCUT2D eigenvalue weighted by atomic mass is 16.6. The average molecular weight is 193 g/mol. The summed E-state index contributed by atoms with van der Waals surface area (Å²) in [6.45, 7) is 1.62. The fraction of sp³-hybridized carbons (Fsp3) is 0.200. The zero-order chi connectivity index (χ0) is 10.6. The lowest BCUT2D eigenvalue weighted by molar-refractivity contribution is -0.385. The van der Waals surface area contributed by atoms with Crippen LogP contribution in [0.2, 0.25) is 0 Å². The Morgan fingerprint density at radius 3 is 2.86 bits per heavy atom. The first-order valence-corrected chi connectivity index (χ1v) is 4.17. The molecule has 0 aliphatic carbocycles. The Kier molecular flexibility index (Phi) is 3.36. The maximum atomic E-state index is 10.6. The average Bonchev–Trinajstić information content (AvgIpc) is 2.16. The SMILES string of the molecule is Cc1ccc(C=CCO)cc1[N+](=O)[O-]. The molecule has 0 saturated carbocycles. The Morgan fingerprint density at radius 2 is 2.29 bits per heavy atom. The lowest BCUT2D eigenvalue weighted by Crippen LogP contribution is -1.91.